The van der Waals surface area contributed by atoms with Gasteiger partial charge >= 0.3 is 0 Å². The van der Waals surface area contributed by atoms with Crippen molar-refractivity contribution in [3.05, 3.63) is 105 Å². The lowest BCUT2D eigenvalue weighted by Crippen LogP contribution is -2.21. The van der Waals surface area contributed by atoms with E-state index in [1.165, 1.54) is 0 Å². The van der Waals surface area contributed by atoms with Crippen LogP contribution >= 0.6 is 34.8 Å². The second-order valence-corrected chi connectivity index (χ2v) is 9.56. The molecule has 3 aromatic rings. The second-order valence-electron chi connectivity index (χ2n) is 8.25. The molecule has 0 bridgehead atoms. The summed E-state index contributed by atoms with van der Waals surface area (Å²) >= 11 is 17.7. The van der Waals surface area contributed by atoms with E-state index in [2.05, 4.69) is 16.7 Å². The van der Waals surface area contributed by atoms with Gasteiger partial charge in [0.1, 0.15) is 0 Å². The molecule has 4 unspecified atom stereocenters. The summed E-state index contributed by atoms with van der Waals surface area (Å²) < 4.78 is 0. The zero-order valence-corrected chi connectivity index (χ0v) is 22.4. The predicted octanol–water partition coefficient (Wildman–Crippen LogP) is 5.38. The summed E-state index contributed by atoms with van der Waals surface area (Å²) in [6.45, 7) is 0.918. The van der Waals surface area contributed by atoms with Crippen LogP contribution in [0.3, 0.4) is 0 Å². The zero-order valence-electron chi connectivity index (χ0n) is 20.1. The van der Waals surface area contributed by atoms with Gasteiger partial charge in [0.2, 0.25) is 6.41 Å². The smallest absolute Gasteiger partial charge is 0.207 e. The molecule has 0 aliphatic carbocycles. The van der Waals surface area contributed by atoms with Gasteiger partial charge in [0, 0.05) is 40.1 Å². The summed E-state index contributed by atoms with van der Waals surface area (Å²) in [6, 6.07) is 27.3. The maximum absolute atomic E-state index is 9.62. The number of benzene rings is 3. The van der Waals surface area contributed by atoms with Gasteiger partial charge in [0.05, 0.1) is 24.7 Å². The monoisotopic (exact) mass is 561 g/mol. The summed E-state index contributed by atoms with van der Waals surface area (Å²) in [7, 11) is 0. The van der Waals surface area contributed by atoms with Crippen LogP contribution in [0.2, 0.25) is 15.1 Å². The lowest BCUT2D eigenvalue weighted by atomic mass is 9.84. The molecule has 4 rings (SSSR count). The van der Waals surface area contributed by atoms with E-state index in [4.69, 9.17) is 45.0 Å². The Hall–Kier alpha value is -2.63. The molecule has 0 aromatic heterocycles. The number of carbonyl (C=O) groups excluding carboxylic acids is 1. The molecule has 1 aliphatic heterocycles. The molecule has 0 saturated carbocycles. The normalized spacial score (nSPS) is 18.8. The third-order valence-corrected chi connectivity index (χ3v) is 6.36. The van der Waals surface area contributed by atoms with Crippen LogP contribution in [0, 0.1) is 17.2 Å². The van der Waals surface area contributed by atoms with E-state index in [0.29, 0.717) is 29.4 Å². The van der Waals surface area contributed by atoms with Crippen LogP contribution in [0.5, 0.6) is 0 Å². The van der Waals surface area contributed by atoms with Gasteiger partial charge in [-0.25, -0.2) is 0 Å². The molecular weight excluding hydrogens is 533 g/mol. The standard InChI is InChI=1S/C17H14Cl2N2.C6H5Cl.C5H11NO3/c18-13-5-1-3-11(7-13)16-10-21-17(15(16)9-20)12-4-2-6-14(19)8-12;7-6-4-2-1-3-5-6;7-3-5(9)1-2-6-4-8/h1-8,15-17,21H,10H2;1-5H;4-5,7,9H,1-3H2,(H,6,8). The van der Waals surface area contributed by atoms with E-state index >= 15 is 0 Å². The van der Waals surface area contributed by atoms with E-state index in [1.807, 2.05) is 78.9 Å². The Bertz CT molecular complexity index is 1070. The Morgan fingerprint density at radius 3 is 2.08 bits per heavy atom. The van der Waals surface area contributed by atoms with Gasteiger partial charge in [-0.3, -0.25) is 4.79 Å². The van der Waals surface area contributed by atoms with Gasteiger partial charge in [-0.2, -0.15) is 5.26 Å². The number of carbonyl (C=O) groups is 1. The van der Waals surface area contributed by atoms with Crippen molar-refractivity contribution in [2.45, 2.75) is 24.5 Å². The molecular formula is C28H30Cl3N3O3. The van der Waals surface area contributed by atoms with Gasteiger partial charge < -0.3 is 20.8 Å². The molecule has 1 saturated heterocycles. The fraction of sp³-hybridized carbons (Fsp3) is 0.286. The molecule has 37 heavy (non-hydrogen) atoms. The summed E-state index contributed by atoms with van der Waals surface area (Å²) in [5.74, 6) is -0.000357. The number of aliphatic hydroxyl groups excluding tert-OH is 2. The number of rotatable bonds is 7. The van der Waals surface area contributed by atoms with Crippen molar-refractivity contribution in [2.24, 2.45) is 5.92 Å². The minimum Gasteiger partial charge on any atom is -0.394 e. The van der Waals surface area contributed by atoms with E-state index < -0.39 is 6.10 Å². The van der Waals surface area contributed by atoms with E-state index in [1.54, 1.807) is 0 Å². The van der Waals surface area contributed by atoms with E-state index in [9.17, 15) is 10.1 Å². The number of nitriles is 1. The average molecular weight is 563 g/mol. The Kier molecular flexibility index (Phi) is 14.0. The Morgan fingerprint density at radius 1 is 0.973 bits per heavy atom. The first-order chi connectivity index (χ1) is 17.9. The Balaban J connectivity index is 0.000000248. The number of hydrogen-bond acceptors (Lipinski definition) is 5. The second kappa shape index (κ2) is 17.0. The van der Waals surface area contributed by atoms with Crippen LogP contribution in [0.25, 0.3) is 0 Å². The topological polar surface area (TPSA) is 105 Å². The minimum absolute atomic E-state index is 0.00215. The lowest BCUT2D eigenvalue weighted by molar-refractivity contribution is -0.109. The van der Waals surface area contributed by atoms with Gasteiger partial charge in [0.25, 0.3) is 0 Å². The first-order valence-corrected chi connectivity index (χ1v) is 12.8. The molecule has 1 fully saturated rings. The van der Waals surface area contributed by atoms with Gasteiger partial charge in [-0.05, 0) is 53.9 Å². The minimum atomic E-state index is -0.711. The number of nitrogens with zero attached hydrogens (tertiary/aromatic N) is 1. The van der Waals surface area contributed by atoms with Crippen molar-refractivity contribution in [3.8, 4) is 6.07 Å². The van der Waals surface area contributed by atoms with Crippen LogP contribution in [-0.2, 0) is 4.79 Å². The van der Waals surface area contributed by atoms with Gasteiger partial charge in [-0.15, -0.1) is 0 Å². The molecule has 1 heterocycles. The van der Waals surface area contributed by atoms with Crippen LogP contribution in [0.1, 0.15) is 29.5 Å². The number of aliphatic hydroxyl groups is 2. The summed E-state index contributed by atoms with van der Waals surface area (Å²) in [6.07, 6.45) is 0.247. The predicted molar refractivity (Wildman–Crippen MR) is 149 cm³/mol. The molecule has 6 nitrogen and oxygen atoms in total. The molecule has 1 amide bonds. The SMILES string of the molecule is Clc1ccccc1.N#CC1C(c2cccc(Cl)c2)CNC1c1cccc(Cl)c1.O=CNCCC(O)CO. The summed E-state index contributed by atoms with van der Waals surface area (Å²) in [5.41, 5.74) is 2.16. The van der Waals surface area contributed by atoms with Crippen molar-refractivity contribution in [3.63, 3.8) is 0 Å². The molecule has 0 spiro atoms. The largest absolute Gasteiger partial charge is 0.394 e. The van der Waals surface area contributed by atoms with E-state index in [0.717, 1.165) is 22.7 Å². The quantitative estimate of drug-likeness (QED) is 0.229. The molecule has 196 valence electrons. The Morgan fingerprint density at radius 2 is 1.57 bits per heavy atom. The van der Waals surface area contributed by atoms with Crippen molar-refractivity contribution < 1.29 is 15.0 Å². The molecule has 9 heteroatoms. The molecule has 4 N–H and O–H groups in total. The van der Waals surface area contributed by atoms with Gasteiger partial charge in [-0.1, -0.05) is 77.3 Å². The van der Waals surface area contributed by atoms with Crippen molar-refractivity contribution in [1.82, 2.24) is 10.6 Å². The first kappa shape index (κ1) is 30.6. The van der Waals surface area contributed by atoms with Crippen molar-refractivity contribution in [2.75, 3.05) is 19.7 Å². The summed E-state index contributed by atoms with van der Waals surface area (Å²) in [5, 5.41) is 34.6. The molecule has 0 radical (unpaired) electrons. The maximum atomic E-state index is 9.62. The maximum Gasteiger partial charge on any atom is 0.207 e. The number of amides is 1. The highest BCUT2D eigenvalue weighted by Crippen LogP contribution is 2.40. The average Bonchev–Trinajstić information content (AvgIpc) is 3.34. The highest BCUT2D eigenvalue weighted by atomic mass is 35.5. The molecule has 4 atom stereocenters. The van der Waals surface area contributed by atoms with Crippen LogP contribution in [0.4, 0.5) is 0 Å². The highest BCUT2D eigenvalue weighted by Gasteiger charge is 2.37. The Labute approximate surface area is 232 Å². The number of nitrogens with one attached hydrogen (secondary N) is 2. The third kappa shape index (κ3) is 10.7. The van der Waals surface area contributed by atoms with Crippen LogP contribution < -0.4 is 10.6 Å². The van der Waals surface area contributed by atoms with Crippen molar-refractivity contribution >= 4 is 41.2 Å². The van der Waals surface area contributed by atoms with Crippen molar-refractivity contribution in [1.29, 1.82) is 5.26 Å². The van der Waals surface area contributed by atoms with E-state index in [-0.39, 0.29) is 24.5 Å². The number of halogens is 3. The molecule has 1 aliphatic rings. The van der Waals surface area contributed by atoms with Crippen LogP contribution in [0.15, 0.2) is 78.9 Å². The highest BCUT2D eigenvalue weighted by molar-refractivity contribution is 6.31. The lowest BCUT2D eigenvalue weighted by Gasteiger charge is -2.18. The fourth-order valence-corrected chi connectivity index (χ4v) is 4.35. The third-order valence-electron chi connectivity index (χ3n) is 5.63. The zero-order chi connectivity index (χ0) is 27.0. The van der Waals surface area contributed by atoms with Crippen LogP contribution in [-0.4, -0.2) is 42.4 Å². The fourth-order valence-electron chi connectivity index (χ4n) is 3.81. The summed E-state index contributed by atoms with van der Waals surface area (Å²) in [4.78, 5) is 9.62. The first-order valence-electron chi connectivity index (χ1n) is 11.7. The van der Waals surface area contributed by atoms with Gasteiger partial charge in [0.15, 0.2) is 0 Å². The molecule has 3 aromatic carbocycles. The number of hydrogen-bond donors (Lipinski definition) is 4.